The van der Waals surface area contributed by atoms with Crippen LogP contribution < -0.4 is 11.5 Å². The number of anilines is 1. The lowest BCUT2D eigenvalue weighted by Gasteiger charge is -2.12. The number of carboxylic acids is 1. The largest absolute Gasteiger partial charge is 0.480 e. The van der Waals surface area contributed by atoms with Crippen LogP contribution in [0.4, 0.5) is 23.2 Å². The molecule has 88 valence electrons. The van der Waals surface area contributed by atoms with E-state index in [4.69, 9.17) is 16.6 Å². The molecule has 4 nitrogen and oxygen atoms in total. The zero-order chi connectivity index (χ0) is 12.6. The zero-order valence-corrected chi connectivity index (χ0v) is 7.60. The summed E-state index contributed by atoms with van der Waals surface area (Å²) >= 11 is 0. The van der Waals surface area contributed by atoms with E-state index in [0.29, 0.717) is 0 Å². The Morgan fingerprint density at radius 1 is 1.06 bits per heavy atom. The van der Waals surface area contributed by atoms with Crippen molar-refractivity contribution in [2.45, 2.75) is 6.04 Å². The molecule has 0 heterocycles. The summed E-state index contributed by atoms with van der Waals surface area (Å²) in [6.07, 6.45) is 0. The first-order valence-electron chi connectivity index (χ1n) is 3.88. The minimum atomic E-state index is -2.22. The molecule has 0 amide bonds. The van der Waals surface area contributed by atoms with Crippen LogP contribution in [0.3, 0.4) is 0 Å². The fourth-order valence-corrected chi connectivity index (χ4v) is 1.06. The van der Waals surface area contributed by atoms with Gasteiger partial charge >= 0.3 is 5.97 Å². The van der Waals surface area contributed by atoms with Gasteiger partial charge in [-0.3, -0.25) is 4.79 Å². The van der Waals surface area contributed by atoms with Crippen molar-refractivity contribution in [3.8, 4) is 0 Å². The molecule has 8 heteroatoms. The number of carbonyl (C=O) groups is 1. The van der Waals surface area contributed by atoms with Gasteiger partial charge < -0.3 is 16.6 Å². The van der Waals surface area contributed by atoms with Gasteiger partial charge in [0.2, 0.25) is 0 Å². The molecule has 0 aliphatic carbocycles. The van der Waals surface area contributed by atoms with Gasteiger partial charge in [-0.15, -0.1) is 0 Å². The highest BCUT2D eigenvalue weighted by Gasteiger charge is 2.30. The molecule has 0 saturated carbocycles. The van der Waals surface area contributed by atoms with E-state index >= 15 is 0 Å². The van der Waals surface area contributed by atoms with E-state index in [1.807, 2.05) is 0 Å². The molecule has 1 aromatic carbocycles. The summed E-state index contributed by atoms with van der Waals surface area (Å²) in [6.45, 7) is 0. The maximum atomic E-state index is 13.1. The van der Waals surface area contributed by atoms with E-state index in [1.165, 1.54) is 0 Å². The molecule has 1 rings (SSSR count). The van der Waals surface area contributed by atoms with Crippen LogP contribution in [0.2, 0.25) is 0 Å². The molecule has 0 saturated heterocycles. The monoisotopic (exact) mass is 238 g/mol. The molecule has 0 radical (unpaired) electrons. The Labute approximate surface area is 86.5 Å². The number of rotatable bonds is 2. The minimum Gasteiger partial charge on any atom is -0.480 e. The lowest BCUT2D eigenvalue weighted by atomic mass is 10.0. The predicted octanol–water partition coefficient (Wildman–Crippen LogP) is 0.910. The Balaban J connectivity index is 3.57. The van der Waals surface area contributed by atoms with Gasteiger partial charge in [0.1, 0.15) is 11.7 Å². The van der Waals surface area contributed by atoms with Crippen LogP contribution >= 0.6 is 0 Å². The van der Waals surface area contributed by atoms with Crippen LogP contribution in [0.5, 0.6) is 0 Å². The van der Waals surface area contributed by atoms with E-state index in [0.717, 1.165) is 0 Å². The van der Waals surface area contributed by atoms with Crippen LogP contribution in [0.15, 0.2) is 0 Å². The van der Waals surface area contributed by atoms with Crippen LogP contribution in [0, 0.1) is 23.3 Å². The quantitative estimate of drug-likeness (QED) is 0.406. The van der Waals surface area contributed by atoms with Crippen LogP contribution in [0.25, 0.3) is 0 Å². The van der Waals surface area contributed by atoms with Gasteiger partial charge in [-0.1, -0.05) is 0 Å². The van der Waals surface area contributed by atoms with Gasteiger partial charge in [-0.25, -0.2) is 17.6 Å². The fourth-order valence-electron chi connectivity index (χ4n) is 1.06. The molecule has 0 aliphatic rings. The molecule has 0 aromatic heterocycles. The van der Waals surface area contributed by atoms with Gasteiger partial charge in [0.25, 0.3) is 0 Å². The summed E-state index contributed by atoms with van der Waals surface area (Å²) in [5.41, 5.74) is 6.81. The second-order valence-electron chi connectivity index (χ2n) is 2.90. The molecule has 5 N–H and O–H groups in total. The lowest BCUT2D eigenvalue weighted by molar-refractivity contribution is -0.138. The number of nitrogen functional groups attached to an aromatic ring is 1. The maximum absolute atomic E-state index is 13.1. The number of benzene rings is 1. The van der Waals surface area contributed by atoms with Crippen molar-refractivity contribution in [2.24, 2.45) is 5.73 Å². The van der Waals surface area contributed by atoms with Gasteiger partial charge in [0, 0.05) is 0 Å². The number of nitrogens with two attached hydrogens (primary N) is 2. The average Bonchev–Trinajstić information content (AvgIpc) is 2.23. The van der Waals surface area contributed by atoms with E-state index in [1.54, 1.807) is 0 Å². The highest BCUT2D eigenvalue weighted by molar-refractivity contribution is 5.75. The SMILES string of the molecule is Nc1c(F)c(F)c([C@H](N)C(=O)O)c(F)c1F. The molecular formula is C8H6F4N2O2. The lowest BCUT2D eigenvalue weighted by Crippen LogP contribution is -2.25. The number of hydrogen-bond acceptors (Lipinski definition) is 3. The molecule has 1 atom stereocenters. The molecule has 0 aliphatic heterocycles. The summed E-state index contributed by atoms with van der Waals surface area (Å²) in [5.74, 6) is -9.39. The smallest absolute Gasteiger partial charge is 0.325 e. The summed E-state index contributed by atoms with van der Waals surface area (Å²) in [6, 6.07) is -2.22. The first-order chi connectivity index (χ1) is 7.29. The minimum absolute atomic E-state index is 1.36. The number of hydrogen-bond donors (Lipinski definition) is 3. The second-order valence-corrected chi connectivity index (χ2v) is 2.90. The van der Waals surface area contributed by atoms with Crippen LogP contribution in [-0.4, -0.2) is 11.1 Å². The maximum Gasteiger partial charge on any atom is 0.325 e. The fraction of sp³-hybridized carbons (Fsp3) is 0.125. The van der Waals surface area contributed by atoms with Crippen molar-refractivity contribution < 1.29 is 27.5 Å². The van der Waals surface area contributed by atoms with Crippen molar-refractivity contribution in [3.63, 3.8) is 0 Å². The van der Waals surface area contributed by atoms with E-state index in [-0.39, 0.29) is 0 Å². The Morgan fingerprint density at radius 3 is 1.75 bits per heavy atom. The third-order valence-corrected chi connectivity index (χ3v) is 1.91. The standard InChI is InChI=1S/C8H6F4N2O2/c9-2-1(6(13)8(15)16)3(10)5(12)7(14)4(2)11/h6H,13-14H2,(H,15,16)/t6-/m0/s1. The Hall–Kier alpha value is -1.83. The van der Waals surface area contributed by atoms with Crippen LogP contribution in [0.1, 0.15) is 11.6 Å². The molecule has 16 heavy (non-hydrogen) atoms. The third-order valence-electron chi connectivity index (χ3n) is 1.91. The molecular weight excluding hydrogens is 232 g/mol. The highest BCUT2D eigenvalue weighted by Crippen LogP contribution is 2.28. The van der Waals surface area contributed by atoms with E-state index in [9.17, 15) is 22.4 Å². The summed E-state index contributed by atoms with van der Waals surface area (Å²) < 4.78 is 52.0. The first kappa shape index (κ1) is 12.2. The van der Waals surface area contributed by atoms with E-state index in [2.05, 4.69) is 0 Å². The van der Waals surface area contributed by atoms with Crippen molar-refractivity contribution in [1.29, 1.82) is 0 Å². The molecule has 1 aromatic rings. The molecule has 0 unspecified atom stereocenters. The summed E-state index contributed by atoms with van der Waals surface area (Å²) in [4.78, 5) is 10.4. The van der Waals surface area contributed by atoms with Crippen molar-refractivity contribution in [1.82, 2.24) is 0 Å². The van der Waals surface area contributed by atoms with Crippen molar-refractivity contribution >= 4 is 11.7 Å². The molecule has 0 spiro atoms. The molecule has 0 bridgehead atoms. The second kappa shape index (κ2) is 3.97. The normalized spacial score (nSPS) is 12.6. The molecule has 0 fully saturated rings. The van der Waals surface area contributed by atoms with E-state index < -0.39 is 46.5 Å². The number of halogens is 4. The zero-order valence-electron chi connectivity index (χ0n) is 7.60. The van der Waals surface area contributed by atoms with Gasteiger partial charge in [0.15, 0.2) is 23.3 Å². The summed E-state index contributed by atoms with van der Waals surface area (Å²) in [7, 11) is 0. The summed E-state index contributed by atoms with van der Waals surface area (Å²) in [5, 5.41) is 8.40. The van der Waals surface area contributed by atoms with Gasteiger partial charge in [-0.05, 0) is 0 Å². The average molecular weight is 238 g/mol. The number of aliphatic carboxylic acids is 1. The van der Waals surface area contributed by atoms with Crippen molar-refractivity contribution in [2.75, 3.05) is 5.73 Å². The Morgan fingerprint density at radius 2 is 1.44 bits per heavy atom. The number of carboxylic acid groups (broad SMARTS) is 1. The topological polar surface area (TPSA) is 89.3 Å². The van der Waals surface area contributed by atoms with Crippen LogP contribution in [-0.2, 0) is 4.79 Å². The Kier molecular flexibility index (Phi) is 3.04. The van der Waals surface area contributed by atoms with Gasteiger partial charge in [-0.2, -0.15) is 0 Å². The first-order valence-corrected chi connectivity index (χ1v) is 3.88. The predicted molar refractivity (Wildman–Crippen MR) is 45.3 cm³/mol. The van der Waals surface area contributed by atoms with Crippen molar-refractivity contribution in [3.05, 3.63) is 28.8 Å². The Bertz CT molecular complexity index is 435. The third kappa shape index (κ3) is 1.67. The highest BCUT2D eigenvalue weighted by atomic mass is 19.2. The van der Waals surface area contributed by atoms with Gasteiger partial charge in [0.05, 0.1) is 5.56 Å².